The number of esters is 1. The van der Waals surface area contributed by atoms with Crippen LogP contribution in [0.4, 0.5) is 9.18 Å². The van der Waals surface area contributed by atoms with Crippen LogP contribution in [0.5, 0.6) is 0 Å². The van der Waals surface area contributed by atoms with Crippen LogP contribution in [0.3, 0.4) is 0 Å². The molecule has 1 fully saturated rings. The van der Waals surface area contributed by atoms with E-state index < -0.39 is 221 Å². The number of pyridine rings is 2. The van der Waals surface area contributed by atoms with Gasteiger partial charge in [0.2, 0.25) is 65.0 Å². The third-order valence-corrected chi connectivity index (χ3v) is 21.1. The molecule has 2 aliphatic carbocycles. The predicted octanol–water partition coefficient (Wildman–Crippen LogP) is -2.63. The number of primary amides is 1. The number of hydrogen-bond donors (Lipinski definition) is 12. The van der Waals surface area contributed by atoms with Gasteiger partial charge in [0.25, 0.3) is 11.5 Å². The number of fused-ring (bicyclic) bond motifs is 8. The largest absolute Gasteiger partial charge is 0.458 e. The van der Waals surface area contributed by atoms with Gasteiger partial charge >= 0.3 is 12.1 Å². The molecular formula is C79H90FN15O22. The number of carbonyl (C=O) groups is 14. The number of nitrogens with zero attached hydrogens (tertiary/aromatic N) is 6. The second-order valence-corrected chi connectivity index (χ2v) is 29.1. The van der Waals surface area contributed by atoms with Crippen molar-refractivity contribution in [2.24, 2.45) is 5.73 Å². The first-order valence-electron chi connectivity index (χ1n) is 37.5. The Morgan fingerprint density at radius 1 is 0.692 bits per heavy atom. The smallest absolute Gasteiger partial charge is 0.407 e. The number of rotatable bonds is 33. The second-order valence-electron chi connectivity index (χ2n) is 29.1. The molecule has 5 aliphatic rings. The molecule has 620 valence electrons. The molecule has 2 aromatic heterocycles. The number of halogens is 1. The first-order chi connectivity index (χ1) is 55.7. The lowest BCUT2D eigenvalue weighted by molar-refractivity contribution is -0.172. The van der Waals surface area contributed by atoms with Crippen LogP contribution in [-0.4, -0.2) is 258 Å². The molecule has 3 aliphatic heterocycles. The number of cyclic esters (lactones) is 1. The van der Waals surface area contributed by atoms with E-state index >= 15 is 4.39 Å². The Labute approximate surface area is 667 Å². The van der Waals surface area contributed by atoms with Crippen molar-refractivity contribution < 1.29 is 106 Å². The van der Waals surface area contributed by atoms with Gasteiger partial charge in [-0.1, -0.05) is 85.8 Å². The van der Waals surface area contributed by atoms with Gasteiger partial charge in [-0.15, -0.1) is 0 Å². The Morgan fingerprint density at radius 3 is 1.93 bits per heavy atom. The topological polar surface area (TPSA) is 507 Å². The summed E-state index contributed by atoms with van der Waals surface area (Å²) in [5.41, 5.74) is 10.0. The molecule has 5 heterocycles. The van der Waals surface area contributed by atoms with Crippen molar-refractivity contribution in [3.63, 3.8) is 0 Å². The molecule has 37 nitrogen and oxygen atoms in total. The number of aryl methyl sites for hydroxylation is 1. The van der Waals surface area contributed by atoms with Crippen molar-refractivity contribution in [1.29, 1.82) is 0 Å². The van der Waals surface area contributed by atoms with Gasteiger partial charge in [0.1, 0.15) is 56.7 Å². The second kappa shape index (κ2) is 36.9. The monoisotopic (exact) mass is 1620 g/mol. The van der Waals surface area contributed by atoms with E-state index in [1.54, 1.807) is 44.2 Å². The van der Waals surface area contributed by atoms with E-state index in [0.717, 1.165) is 41.9 Å². The lowest BCUT2D eigenvalue weighted by Gasteiger charge is -2.31. The Balaban J connectivity index is 0.655. The van der Waals surface area contributed by atoms with Crippen LogP contribution in [0.15, 0.2) is 95.8 Å². The van der Waals surface area contributed by atoms with Crippen molar-refractivity contribution >= 4 is 93.9 Å². The summed E-state index contributed by atoms with van der Waals surface area (Å²) < 4.78 is 39.0. The number of aliphatic hydroxyl groups excluding tert-OH is 2. The third kappa shape index (κ3) is 19.3. The number of aromatic nitrogens is 2. The number of likely N-dealkylation sites (N-methyl/N-ethyl adjacent to an activating group) is 4. The number of carbonyl (C=O) groups excluding carboxylic acids is 14. The van der Waals surface area contributed by atoms with Gasteiger partial charge in [-0.25, -0.2) is 19.0 Å². The summed E-state index contributed by atoms with van der Waals surface area (Å²) in [6.07, 6.45) is -9.22. The van der Waals surface area contributed by atoms with Gasteiger partial charge in [0, 0.05) is 69.5 Å². The highest BCUT2D eigenvalue weighted by molar-refractivity contribution is 5.97. The van der Waals surface area contributed by atoms with E-state index in [1.165, 1.54) is 44.9 Å². The number of benzene rings is 4. The van der Waals surface area contributed by atoms with Crippen LogP contribution >= 0.6 is 0 Å². The zero-order valence-electron chi connectivity index (χ0n) is 64.7. The lowest BCUT2D eigenvalue weighted by atomic mass is 9.81. The van der Waals surface area contributed by atoms with E-state index in [-0.39, 0.29) is 49.2 Å². The van der Waals surface area contributed by atoms with Crippen molar-refractivity contribution in [2.45, 2.75) is 120 Å². The van der Waals surface area contributed by atoms with Gasteiger partial charge in [-0.2, -0.15) is 0 Å². The maximum Gasteiger partial charge on any atom is 0.407 e. The van der Waals surface area contributed by atoms with E-state index in [4.69, 9.17) is 29.7 Å². The summed E-state index contributed by atoms with van der Waals surface area (Å²) >= 11 is 0. The number of amides is 13. The summed E-state index contributed by atoms with van der Waals surface area (Å²) in [4.78, 5) is 208. The zero-order valence-corrected chi connectivity index (χ0v) is 64.7. The van der Waals surface area contributed by atoms with Gasteiger partial charge in [0.15, 0.2) is 17.9 Å². The molecular weight excluding hydrogens is 1530 g/mol. The normalized spacial score (nSPS) is 18.3. The minimum atomic E-state index is -2.10. The molecule has 0 spiro atoms. The first kappa shape index (κ1) is 85.2. The van der Waals surface area contributed by atoms with Crippen LogP contribution in [0.1, 0.15) is 94.6 Å². The molecule has 6 aromatic rings. The molecule has 38 heteroatoms. The number of nitrogens with two attached hydrogens (primary N) is 1. The molecule has 1 saturated heterocycles. The van der Waals surface area contributed by atoms with Crippen molar-refractivity contribution in [3.8, 4) is 22.5 Å². The van der Waals surface area contributed by atoms with Gasteiger partial charge < -0.3 is 107 Å². The van der Waals surface area contributed by atoms with Crippen LogP contribution in [0, 0.1) is 12.7 Å². The molecule has 117 heavy (non-hydrogen) atoms. The Bertz CT molecular complexity index is 4980. The van der Waals surface area contributed by atoms with E-state index in [9.17, 15) is 87.2 Å². The summed E-state index contributed by atoms with van der Waals surface area (Å²) in [6, 6.07) is 22.6. The fourth-order valence-corrected chi connectivity index (χ4v) is 14.7. The van der Waals surface area contributed by atoms with Gasteiger partial charge in [0.05, 0.1) is 80.9 Å². The lowest BCUT2D eigenvalue weighted by Crippen LogP contribution is -2.53. The standard InChI is InChI=1S/C79H90FN15O22/c1-7-79(113)50-26-56-68-47(31-95(56)75(109)49(50)37-115-77(79)111)67-52(22-21-42-40(2)51(80)27-54(88-68)66(42)67)86-62(101)38-114-39-85-60(99)29-84-73(108)55(25-41-15-9-8-10-16-41)87-61(100)30-82-59(98)28-83-72(107)53(89-78(112)116-36-48-45-19-13-11-17-43(45)44-18-12-14-20-46(44)48)23-24-58(97)90-74-70(106)69(105)71(117-74)76(110)94(6)35-65(104)93(5)34-64(103)92(4)33-63(102)91(3)32-57(81)96/h8-20,26-27,48,52-53,55,69-71,74,105-106,113H,7,21-25,28-39H2,1-6H3,(H2,81,96)(H,82,98)(H,83,107)(H,84,108)(H,85,99)(H,86,101)(H,87,100)(H,89,112)(H,90,97)/t52-,53-,55-,69-,70+,71-,74?,79-/m0/s1. The maximum absolute atomic E-state index is 15.5. The molecule has 8 atom stereocenters. The first-order valence-corrected chi connectivity index (χ1v) is 37.5. The fraction of sp³-hybridized carbons (Fsp3) is 0.418. The highest BCUT2D eigenvalue weighted by Gasteiger charge is 2.49. The Morgan fingerprint density at radius 2 is 1.29 bits per heavy atom. The van der Waals surface area contributed by atoms with E-state index in [1.807, 2.05) is 48.5 Å². The summed E-state index contributed by atoms with van der Waals surface area (Å²) in [7, 11) is 5.02. The maximum atomic E-state index is 15.5. The van der Waals surface area contributed by atoms with E-state index in [0.29, 0.717) is 57.4 Å². The van der Waals surface area contributed by atoms with Gasteiger partial charge in [-0.3, -0.25) is 62.3 Å². The fourth-order valence-electron chi connectivity index (χ4n) is 14.7. The number of alkyl carbamates (subject to hydrolysis) is 1. The van der Waals surface area contributed by atoms with Crippen LogP contribution in [0.2, 0.25) is 0 Å². The minimum absolute atomic E-state index is 0.00513. The van der Waals surface area contributed by atoms with E-state index in [2.05, 4.69) is 42.5 Å². The molecule has 0 saturated carbocycles. The highest BCUT2D eigenvalue weighted by atomic mass is 19.1. The molecule has 0 bridgehead atoms. The summed E-state index contributed by atoms with van der Waals surface area (Å²) in [5, 5.41) is 53.8. The molecule has 1 unspecified atom stereocenters. The Kier molecular flexibility index (Phi) is 26.9. The number of nitrogens with one attached hydrogen (secondary N) is 8. The third-order valence-electron chi connectivity index (χ3n) is 21.1. The minimum Gasteiger partial charge on any atom is -0.458 e. The summed E-state index contributed by atoms with van der Waals surface area (Å²) in [5.74, 6) is -11.6. The number of aliphatic hydroxyl groups is 3. The van der Waals surface area contributed by atoms with Crippen molar-refractivity contribution in [2.75, 3.05) is 93.9 Å². The quantitative estimate of drug-likeness (QED) is 0.0114. The molecule has 11 rings (SSSR count). The van der Waals surface area contributed by atoms with Crippen molar-refractivity contribution in [3.05, 3.63) is 157 Å². The van der Waals surface area contributed by atoms with Crippen LogP contribution in [-0.2, 0) is 113 Å². The highest BCUT2D eigenvalue weighted by Crippen LogP contribution is 2.47. The van der Waals surface area contributed by atoms with Crippen LogP contribution < -0.4 is 53.8 Å². The zero-order chi connectivity index (χ0) is 84.4. The average Bonchev–Trinajstić information content (AvgIpc) is 1.57. The van der Waals surface area contributed by atoms with Crippen LogP contribution in [0.25, 0.3) is 33.4 Å². The molecule has 13 N–H and O–H groups in total. The molecule has 13 amide bonds. The molecule has 4 aromatic carbocycles. The number of ether oxygens (including phenoxy) is 4. The SMILES string of the molecule is CC[C@@]1(O)C(=O)OCc2c1cc1n(c2=O)Cc2c-1nc1cc(F)c(C)c3c1c2[C@@H](NC(=O)COCNC(=O)CNC(=O)[C@H](Cc1ccccc1)NC(=O)CNC(=O)CNC(=O)[C@H](CCC(=O)NC1O[C@H](C(=O)N(C)CC(=O)N(C)CC(=O)N(C)CC(=O)N(C)CC(N)=O)[C@@H](O)[C@H]1O)NC(=O)OCC1c2ccccc2-c2ccccc21)CC3. The number of hydrogen-bond acceptors (Lipinski definition) is 23. The average molecular weight is 1620 g/mol. The Hall–Kier alpha value is -12.7. The predicted molar refractivity (Wildman–Crippen MR) is 408 cm³/mol. The van der Waals surface area contributed by atoms with Gasteiger partial charge in [-0.05, 0) is 83.2 Å². The molecule has 0 radical (unpaired) electrons. The van der Waals surface area contributed by atoms with Crippen molar-refractivity contribution in [1.82, 2.24) is 71.7 Å². The summed E-state index contributed by atoms with van der Waals surface area (Å²) in [6.45, 7) is -2.62.